The molecule has 0 bridgehead atoms. The van der Waals surface area contributed by atoms with Crippen LogP contribution in [0.1, 0.15) is 52.7 Å². The Labute approximate surface area is 397 Å². The van der Waals surface area contributed by atoms with E-state index in [0.29, 0.717) is 0 Å². The first kappa shape index (κ1) is 40.3. The number of fused-ring (bicyclic) bond motifs is 11. The van der Waals surface area contributed by atoms with E-state index in [1.54, 1.807) is 0 Å². The van der Waals surface area contributed by atoms with Crippen molar-refractivity contribution in [2.45, 2.75) is 52.4 Å². The van der Waals surface area contributed by atoms with Crippen LogP contribution in [0.25, 0.3) is 43.9 Å². The summed E-state index contributed by atoms with van der Waals surface area (Å²) in [5.41, 5.74) is 19.8. The van der Waals surface area contributed by atoms with Gasteiger partial charge in [0.1, 0.15) is 16.7 Å². The molecule has 0 aliphatic carbocycles. The van der Waals surface area contributed by atoms with Gasteiger partial charge in [0.2, 0.25) is 0 Å². The maximum Gasteiger partial charge on any atom is 0.253 e. The molecule has 2 aromatic heterocycles. The lowest BCUT2D eigenvalue weighted by Gasteiger charge is -2.44. The van der Waals surface area contributed by atoms with Crippen LogP contribution in [0, 0.1) is 0 Å². The van der Waals surface area contributed by atoms with Crippen LogP contribution in [0.3, 0.4) is 0 Å². The molecule has 13 rings (SSSR count). The van der Waals surface area contributed by atoms with Gasteiger partial charge in [0, 0.05) is 67.0 Å². The van der Waals surface area contributed by atoms with E-state index in [4.69, 9.17) is 8.83 Å². The maximum absolute atomic E-state index is 6.76. The van der Waals surface area contributed by atoms with Gasteiger partial charge < -0.3 is 23.5 Å². The van der Waals surface area contributed by atoms with Gasteiger partial charge in [-0.15, -0.1) is 0 Å². The van der Waals surface area contributed by atoms with E-state index in [2.05, 4.69) is 244 Å². The van der Waals surface area contributed by atoms with Crippen molar-refractivity contribution >= 4 is 118 Å². The van der Waals surface area contributed by atoms with Crippen LogP contribution in [0.5, 0.6) is 0 Å². The number of nitrogens with zero attached hydrogens (tertiary/aromatic N) is 3. The van der Waals surface area contributed by atoms with Crippen molar-refractivity contribution in [3.63, 3.8) is 0 Å². The zero-order valence-electron chi connectivity index (χ0n) is 39.2. The fourth-order valence-corrected chi connectivity index (χ4v) is 11.1. The van der Waals surface area contributed by atoms with E-state index in [9.17, 15) is 0 Å². The predicted molar refractivity (Wildman–Crippen MR) is 287 cm³/mol. The normalized spacial score (nSPS) is 13.4. The van der Waals surface area contributed by atoms with E-state index in [1.807, 2.05) is 6.07 Å². The lowest BCUT2D eigenvalue weighted by atomic mass is 9.33. The Morgan fingerprint density at radius 3 is 1.63 bits per heavy atom. The molecular weight excluding hydrogens is 830 g/mol. The van der Waals surface area contributed by atoms with Crippen LogP contribution in [-0.2, 0) is 10.8 Å². The second-order valence-corrected chi connectivity index (χ2v) is 20.5. The highest BCUT2D eigenvalue weighted by Gasteiger charge is 2.45. The fourth-order valence-electron chi connectivity index (χ4n) is 11.1. The van der Waals surface area contributed by atoms with Gasteiger partial charge in [-0.3, -0.25) is 0 Å². The molecular formula is C62H50BN3O2. The van der Waals surface area contributed by atoms with Gasteiger partial charge in [-0.25, -0.2) is 0 Å². The summed E-state index contributed by atoms with van der Waals surface area (Å²) in [6, 6.07) is 70.9. The van der Waals surface area contributed by atoms with Crippen molar-refractivity contribution in [3.05, 3.63) is 205 Å². The minimum Gasteiger partial charge on any atom is -0.456 e. The summed E-state index contributed by atoms with van der Waals surface area (Å²) in [5.74, 6) is 0. The molecule has 5 nitrogen and oxygen atoms in total. The van der Waals surface area contributed by atoms with Crippen molar-refractivity contribution in [1.82, 2.24) is 0 Å². The molecule has 0 saturated heterocycles. The molecule has 2 aliphatic rings. The number of rotatable bonds is 5. The first-order valence-corrected chi connectivity index (χ1v) is 23.8. The average Bonchev–Trinajstić information content (AvgIpc) is 3.93. The minimum atomic E-state index is -0.121. The van der Waals surface area contributed by atoms with Crippen molar-refractivity contribution in [3.8, 4) is 0 Å². The van der Waals surface area contributed by atoms with E-state index in [1.165, 1.54) is 33.2 Å². The third-order valence-corrected chi connectivity index (χ3v) is 14.4. The van der Waals surface area contributed by atoms with Crippen molar-refractivity contribution in [2.24, 2.45) is 0 Å². The van der Waals surface area contributed by atoms with E-state index < -0.39 is 0 Å². The lowest BCUT2D eigenvalue weighted by molar-refractivity contribution is 0.590. The molecule has 4 heterocycles. The van der Waals surface area contributed by atoms with Crippen LogP contribution in [0.2, 0.25) is 0 Å². The highest BCUT2D eigenvalue weighted by molar-refractivity contribution is 7.01. The van der Waals surface area contributed by atoms with E-state index >= 15 is 0 Å². The Bertz CT molecular complexity index is 3780. The number of furan rings is 2. The standard InChI is InChI=1S/C62H50BN3O2/c1-61(2,3)39-26-30-42(31-27-39)65-49-21-15-22-50-58(49)63(59-51(65)36-37-56-57(59)47-19-11-13-25-55(47)67-56)48-35-34-44(38-53(48)66(50)43-32-28-40(29-33-43)62(4,5)6)64(41-16-8-7-9-17-41)52-23-14-20-46-45-18-10-12-24-54(45)68-60(46)52/h7-38H,1-6H3. The van der Waals surface area contributed by atoms with Gasteiger partial charge in [-0.1, -0.05) is 145 Å². The minimum absolute atomic E-state index is 0.00185. The fraction of sp³-hybridized carbons (Fsp3) is 0.129. The van der Waals surface area contributed by atoms with E-state index in [-0.39, 0.29) is 17.5 Å². The average molecular weight is 880 g/mol. The molecule has 2 aliphatic heterocycles. The van der Waals surface area contributed by atoms with Crippen LogP contribution >= 0.6 is 0 Å². The molecule has 0 amide bonds. The smallest absolute Gasteiger partial charge is 0.253 e. The molecule has 11 aromatic rings. The Kier molecular flexibility index (Phi) is 8.76. The molecule has 0 saturated carbocycles. The van der Waals surface area contributed by atoms with Gasteiger partial charge >= 0.3 is 0 Å². The predicted octanol–water partition coefficient (Wildman–Crippen LogP) is 15.6. The highest BCUT2D eigenvalue weighted by atomic mass is 16.3. The van der Waals surface area contributed by atoms with Gasteiger partial charge in [-0.2, -0.15) is 0 Å². The number of anilines is 9. The number of hydrogen-bond donors (Lipinski definition) is 0. The number of benzene rings is 9. The Morgan fingerprint density at radius 1 is 0.412 bits per heavy atom. The third kappa shape index (κ3) is 6.09. The molecule has 0 unspecified atom stereocenters. The molecule has 0 fully saturated rings. The topological polar surface area (TPSA) is 36.0 Å². The van der Waals surface area contributed by atoms with Gasteiger partial charge in [0.25, 0.3) is 6.71 Å². The summed E-state index contributed by atoms with van der Waals surface area (Å²) >= 11 is 0. The van der Waals surface area contributed by atoms with Crippen LogP contribution < -0.4 is 31.1 Å². The quantitative estimate of drug-likeness (QED) is 0.161. The number of hydrogen-bond acceptors (Lipinski definition) is 5. The second kappa shape index (κ2) is 14.8. The summed E-state index contributed by atoms with van der Waals surface area (Å²) in [6.45, 7) is 13.6. The molecule has 0 radical (unpaired) electrons. The molecule has 0 N–H and O–H groups in total. The van der Waals surface area contributed by atoms with Crippen molar-refractivity contribution in [1.29, 1.82) is 0 Å². The van der Waals surface area contributed by atoms with Crippen LogP contribution in [0.4, 0.5) is 51.2 Å². The summed E-state index contributed by atoms with van der Waals surface area (Å²) in [5, 5.41) is 4.47. The monoisotopic (exact) mass is 879 g/mol. The second-order valence-electron chi connectivity index (χ2n) is 20.5. The molecule has 328 valence electrons. The summed E-state index contributed by atoms with van der Waals surface area (Å²) in [6.07, 6.45) is 0. The first-order chi connectivity index (χ1) is 33.0. The Hall–Kier alpha value is -7.96. The molecule has 68 heavy (non-hydrogen) atoms. The lowest BCUT2D eigenvalue weighted by Crippen LogP contribution is -2.61. The molecule has 6 heteroatoms. The number of para-hydroxylation sites is 4. The highest BCUT2D eigenvalue weighted by Crippen LogP contribution is 2.49. The SMILES string of the molecule is CC(C)(C)c1ccc(N2c3cc(N(c4ccccc4)c4cccc5c4oc4ccccc45)ccc3B3c4c2cccc4N(c2ccc(C(C)(C)C)cc2)c2ccc4oc5ccccc5c4c23)cc1. The molecule has 0 spiro atoms. The van der Waals surface area contributed by atoms with Gasteiger partial charge in [-0.05, 0) is 129 Å². The zero-order chi connectivity index (χ0) is 46.1. The molecule has 0 atom stereocenters. The van der Waals surface area contributed by atoms with Crippen molar-refractivity contribution < 1.29 is 8.83 Å². The summed E-state index contributed by atoms with van der Waals surface area (Å²) < 4.78 is 13.5. The van der Waals surface area contributed by atoms with Crippen molar-refractivity contribution in [2.75, 3.05) is 14.7 Å². The summed E-state index contributed by atoms with van der Waals surface area (Å²) in [4.78, 5) is 7.35. The Balaban J connectivity index is 1.11. The van der Waals surface area contributed by atoms with Crippen LogP contribution in [0.15, 0.2) is 203 Å². The summed E-state index contributed by atoms with van der Waals surface area (Å²) in [7, 11) is 0. The Morgan fingerprint density at radius 2 is 0.971 bits per heavy atom. The largest absolute Gasteiger partial charge is 0.456 e. The first-order valence-electron chi connectivity index (χ1n) is 23.8. The third-order valence-electron chi connectivity index (χ3n) is 14.4. The maximum atomic E-state index is 6.76. The van der Waals surface area contributed by atoms with Gasteiger partial charge in [0.05, 0.1) is 5.69 Å². The van der Waals surface area contributed by atoms with Gasteiger partial charge in [0.15, 0.2) is 5.58 Å². The van der Waals surface area contributed by atoms with Crippen LogP contribution in [-0.4, -0.2) is 6.71 Å². The zero-order valence-corrected chi connectivity index (χ0v) is 39.2. The molecule has 9 aromatic carbocycles. The van der Waals surface area contributed by atoms with E-state index in [0.717, 1.165) is 89.4 Å².